The molecule has 1 aliphatic carbocycles. The first-order valence-corrected chi connectivity index (χ1v) is 11.6. The molecule has 0 unspecified atom stereocenters. The van der Waals surface area contributed by atoms with Gasteiger partial charge in [-0.1, -0.05) is 72.8 Å². The molecule has 6 heteroatoms. The molecule has 1 aliphatic heterocycles. The second-order valence-electron chi connectivity index (χ2n) is 9.02. The Balaban J connectivity index is 1.88. The Morgan fingerprint density at radius 2 is 1.60 bits per heavy atom. The summed E-state index contributed by atoms with van der Waals surface area (Å²) < 4.78 is 35.6. The van der Waals surface area contributed by atoms with Crippen LogP contribution in [0.2, 0.25) is 0 Å². The van der Waals surface area contributed by atoms with Crippen molar-refractivity contribution in [3.8, 4) is 0 Å². The number of hydrogen-bond donors (Lipinski definition) is 0. The minimum Gasteiger partial charge on any atom is -0.462 e. The summed E-state index contributed by atoms with van der Waals surface area (Å²) in [7, 11) is 1.60. The Hall–Kier alpha value is -3.80. The number of fused-ring (bicyclic) bond motifs is 4. The lowest BCUT2D eigenvalue weighted by Crippen LogP contribution is -2.53. The Bertz CT molecular complexity index is 1350. The van der Waals surface area contributed by atoms with Gasteiger partial charge in [0.15, 0.2) is 0 Å². The van der Waals surface area contributed by atoms with Crippen molar-refractivity contribution in [3.05, 3.63) is 101 Å². The van der Waals surface area contributed by atoms with Crippen LogP contribution in [0.3, 0.4) is 0 Å². The summed E-state index contributed by atoms with van der Waals surface area (Å²) in [5.74, 6) is -5.92. The van der Waals surface area contributed by atoms with Gasteiger partial charge < -0.3 is 9.64 Å². The van der Waals surface area contributed by atoms with Gasteiger partial charge in [0.1, 0.15) is 0 Å². The minimum atomic E-state index is -3.85. The van der Waals surface area contributed by atoms with Crippen molar-refractivity contribution in [1.29, 1.82) is 0 Å². The molecule has 0 saturated heterocycles. The van der Waals surface area contributed by atoms with Crippen LogP contribution in [0.5, 0.6) is 0 Å². The number of carbonyl (C=O) groups is 2. The van der Waals surface area contributed by atoms with Crippen molar-refractivity contribution < 1.29 is 23.1 Å². The first-order chi connectivity index (χ1) is 16.8. The van der Waals surface area contributed by atoms with Gasteiger partial charge in [-0.15, -0.1) is 0 Å². The van der Waals surface area contributed by atoms with Gasteiger partial charge in [0.25, 0.3) is 0 Å². The van der Waals surface area contributed by atoms with E-state index >= 15 is 8.78 Å². The summed E-state index contributed by atoms with van der Waals surface area (Å²) in [5, 5.41) is 0. The van der Waals surface area contributed by atoms with Gasteiger partial charge in [0.05, 0.1) is 17.7 Å². The number of hydrogen-bond acceptors (Lipinski definition) is 3. The third-order valence-electron chi connectivity index (χ3n) is 6.92. The van der Waals surface area contributed by atoms with Gasteiger partial charge in [-0.2, -0.15) is 8.78 Å². The van der Waals surface area contributed by atoms with E-state index in [2.05, 4.69) is 0 Å². The molecule has 1 amide bonds. The number of benzene rings is 3. The maximum absolute atomic E-state index is 15.5. The van der Waals surface area contributed by atoms with Crippen molar-refractivity contribution in [2.75, 3.05) is 18.6 Å². The molecule has 0 N–H and O–H groups in total. The van der Waals surface area contributed by atoms with Crippen LogP contribution in [0, 0.1) is 5.41 Å². The monoisotopic (exact) mass is 473 g/mol. The van der Waals surface area contributed by atoms with E-state index in [0.29, 0.717) is 16.8 Å². The fourth-order valence-electron chi connectivity index (χ4n) is 5.51. The molecule has 3 aromatic carbocycles. The molecule has 0 bridgehead atoms. The lowest BCUT2D eigenvalue weighted by atomic mass is 9.59. The zero-order valence-corrected chi connectivity index (χ0v) is 19.6. The molecule has 5 rings (SSSR count). The zero-order chi connectivity index (χ0) is 24.8. The third-order valence-corrected chi connectivity index (χ3v) is 6.92. The fraction of sp³-hybridized carbons (Fsp3) is 0.241. The number of halogens is 2. The Kier molecular flexibility index (Phi) is 5.55. The van der Waals surface area contributed by atoms with Crippen LogP contribution in [0.4, 0.5) is 14.5 Å². The molecule has 1 heterocycles. The van der Waals surface area contributed by atoms with Gasteiger partial charge >= 0.3 is 11.9 Å². The second kappa shape index (κ2) is 8.45. The summed E-state index contributed by atoms with van der Waals surface area (Å²) in [6.07, 6.45) is -0.919. The van der Waals surface area contributed by atoms with Gasteiger partial charge in [-0.05, 0) is 47.2 Å². The Morgan fingerprint density at radius 1 is 0.971 bits per heavy atom. The molecule has 3 aromatic rings. The Morgan fingerprint density at radius 3 is 2.31 bits per heavy atom. The number of para-hydroxylation sites is 1. The molecule has 0 spiro atoms. The van der Waals surface area contributed by atoms with E-state index in [0.717, 1.165) is 22.3 Å². The quantitative estimate of drug-likeness (QED) is 0.443. The molecule has 0 radical (unpaired) electrons. The smallest absolute Gasteiger partial charge is 0.377 e. The molecule has 4 nitrogen and oxygen atoms in total. The molecular weight excluding hydrogens is 448 g/mol. The lowest BCUT2D eigenvalue weighted by Gasteiger charge is -2.48. The average molecular weight is 474 g/mol. The number of rotatable bonds is 5. The normalized spacial score (nSPS) is 19.1. The molecule has 0 aromatic heterocycles. The van der Waals surface area contributed by atoms with E-state index in [1.807, 2.05) is 78.9 Å². The second-order valence-corrected chi connectivity index (χ2v) is 9.02. The van der Waals surface area contributed by atoms with E-state index in [-0.39, 0.29) is 13.0 Å². The minimum absolute atomic E-state index is 0.0569. The standard InChI is InChI=1S/C29H25F2NO3/c1-3-35-27(34)29(30,31)18-28-17-20-13-7-8-14-21(20)24(19-11-5-4-6-12-19)25(28)22-15-9-10-16-23(22)32(2)26(28)33/h4-16H,3,17-18H2,1-2H3/t28-/m0/s1. The number of nitrogens with zero attached hydrogens (tertiary/aromatic N) is 1. The molecule has 1 atom stereocenters. The lowest BCUT2D eigenvalue weighted by molar-refractivity contribution is -0.175. The van der Waals surface area contributed by atoms with Crippen LogP contribution >= 0.6 is 0 Å². The van der Waals surface area contributed by atoms with E-state index in [4.69, 9.17) is 4.74 Å². The largest absolute Gasteiger partial charge is 0.462 e. The average Bonchev–Trinajstić information content (AvgIpc) is 2.86. The summed E-state index contributed by atoms with van der Waals surface area (Å²) >= 11 is 0. The van der Waals surface area contributed by atoms with Crippen molar-refractivity contribution >= 4 is 28.7 Å². The SMILES string of the molecule is CCOC(=O)C(F)(F)C[C@@]12Cc3ccccc3C(c3ccccc3)=C1c1ccccc1N(C)C2=O. The summed E-state index contributed by atoms with van der Waals surface area (Å²) in [6, 6.07) is 24.4. The first kappa shape index (κ1) is 23.0. The number of esters is 1. The topological polar surface area (TPSA) is 46.6 Å². The first-order valence-electron chi connectivity index (χ1n) is 11.6. The third kappa shape index (κ3) is 3.55. The number of alkyl halides is 2. The zero-order valence-electron chi connectivity index (χ0n) is 19.6. The van der Waals surface area contributed by atoms with E-state index in [9.17, 15) is 9.59 Å². The highest BCUT2D eigenvalue weighted by Gasteiger charge is 2.59. The van der Waals surface area contributed by atoms with Crippen molar-refractivity contribution in [2.24, 2.45) is 5.41 Å². The highest BCUT2D eigenvalue weighted by molar-refractivity contribution is 6.19. The Labute approximate surface area is 202 Å². The molecule has 35 heavy (non-hydrogen) atoms. The predicted octanol–water partition coefficient (Wildman–Crippen LogP) is 5.75. The van der Waals surface area contributed by atoms with Crippen LogP contribution in [0.25, 0.3) is 11.1 Å². The highest BCUT2D eigenvalue weighted by Crippen LogP contribution is 2.59. The van der Waals surface area contributed by atoms with Crippen LogP contribution in [0.1, 0.15) is 35.6 Å². The molecular formula is C29H25F2NO3. The van der Waals surface area contributed by atoms with Gasteiger partial charge in [-0.3, -0.25) is 4.79 Å². The summed E-state index contributed by atoms with van der Waals surface area (Å²) in [5.41, 5.74) is 3.49. The maximum atomic E-state index is 15.5. The number of ether oxygens (including phenoxy) is 1. The predicted molar refractivity (Wildman–Crippen MR) is 131 cm³/mol. The van der Waals surface area contributed by atoms with Gasteiger partial charge in [0, 0.05) is 19.0 Å². The fourth-order valence-corrected chi connectivity index (χ4v) is 5.51. The molecule has 0 saturated carbocycles. The summed E-state index contributed by atoms with van der Waals surface area (Å²) in [4.78, 5) is 27.9. The van der Waals surface area contributed by atoms with Gasteiger partial charge in [-0.25, -0.2) is 4.79 Å². The summed E-state index contributed by atoms with van der Waals surface area (Å²) in [6.45, 7) is 1.32. The van der Waals surface area contributed by atoms with Crippen LogP contribution < -0.4 is 4.90 Å². The number of anilines is 1. The number of amides is 1. The van der Waals surface area contributed by atoms with Gasteiger partial charge in [0.2, 0.25) is 5.91 Å². The molecule has 178 valence electrons. The maximum Gasteiger partial charge on any atom is 0.377 e. The van der Waals surface area contributed by atoms with Crippen molar-refractivity contribution in [2.45, 2.75) is 25.7 Å². The van der Waals surface area contributed by atoms with E-state index in [1.165, 1.54) is 11.8 Å². The van der Waals surface area contributed by atoms with E-state index in [1.54, 1.807) is 7.05 Å². The van der Waals surface area contributed by atoms with Crippen LogP contribution in [-0.2, 0) is 20.7 Å². The highest BCUT2D eigenvalue weighted by atomic mass is 19.3. The van der Waals surface area contributed by atoms with Crippen molar-refractivity contribution in [1.82, 2.24) is 0 Å². The molecule has 2 aliphatic rings. The van der Waals surface area contributed by atoms with Crippen LogP contribution in [0.15, 0.2) is 78.9 Å². The number of carbonyl (C=O) groups excluding carboxylic acids is 2. The van der Waals surface area contributed by atoms with E-state index < -0.39 is 29.6 Å². The van der Waals surface area contributed by atoms with Crippen molar-refractivity contribution in [3.63, 3.8) is 0 Å². The van der Waals surface area contributed by atoms with Crippen LogP contribution in [-0.4, -0.2) is 31.5 Å². The molecule has 0 fully saturated rings.